The monoisotopic (exact) mass is 320 g/mol. The van der Waals surface area contributed by atoms with Crippen LogP contribution in [0.3, 0.4) is 0 Å². The fourth-order valence-electron chi connectivity index (χ4n) is 1.74. The summed E-state index contributed by atoms with van der Waals surface area (Å²) >= 11 is 7.64. The average Bonchev–Trinajstić information content (AvgIpc) is 2.48. The number of nitrogens with one attached hydrogen (secondary N) is 1. The summed E-state index contributed by atoms with van der Waals surface area (Å²) in [6.07, 6.45) is 0. The van der Waals surface area contributed by atoms with Gasteiger partial charge in [-0.1, -0.05) is 41.9 Å². The highest BCUT2D eigenvalue weighted by molar-refractivity contribution is 7.99. The van der Waals surface area contributed by atoms with Gasteiger partial charge in [-0.25, -0.2) is 0 Å². The fourth-order valence-corrected chi connectivity index (χ4v) is 2.82. The summed E-state index contributed by atoms with van der Waals surface area (Å²) in [6.45, 7) is 1.88. The van der Waals surface area contributed by atoms with Gasteiger partial charge in [0.1, 0.15) is 0 Å². The number of carbonyl (C=O) groups is 1. The molecule has 3 nitrogen and oxygen atoms in total. The lowest BCUT2D eigenvalue weighted by Gasteiger charge is -2.13. The van der Waals surface area contributed by atoms with Crippen LogP contribution < -0.4 is 11.1 Å². The molecule has 1 unspecified atom stereocenters. The van der Waals surface area contributed by atoms with Crippen molar-refractivity contribution in [2.45, 2.75) is 17.9 Å². The van der Waals surface area contributed by atoms with Crippen molar-refractivity contribution in [3.8, 4) is 0 Å². The Morgan fingerprint density at radius 2 is 2.00 bits per heavy atom. The zero-order valence-electron chi connectivity index (χ0n) is 11.7. The number of halogens is 1. The van der Waals surface area contributed by atoms with Crippen LogP contribution >= 0.6 is 23.4 Å². The van der Waals surface area contributed by atoms with Gasteiger partial charge in [0, 0.05) is 11.4 Å². The van der Waals surface area contributed by atoms with E-state index in [2.05, 4.69) is 17.4 Å². The summed E-state index contributed by atoms with van der Waals surface area (Å²) in [5.74, 6) is 0.729. The van der Waals surface area contributed by atoms with Gasteiger partial charge in [0.15, 0.2) is 0 Å². The number of anilines is 2. The largest absolute Gasteiger partial charge is 0.399 e. The third kappa shape index (κ3) is 4.69. The molecule has 0 aliphatic carbocycles. The van der Waals surface area contributed by atoms with Crippen molar-refractivity contribution in [1.82, 2.24) is 0 Å². The number of rotatable bonds is 5. The molecule has 0 saturated carbocycles. The zero-order valence-corrected chi connectivity index (χ0v) is 13.2. The minimum Gasteiger partial charge on any atom is -0.399 e. The van der Waals surface area contributed by atoms with E-state index >= 15 is 0 Å². The minimum atomic E-state index is -0.168. The van der Waals surface area contributed by atoms with E-state index in [0.717, 1.165) is 5.75 Å². The molecular weight excluding hydrogens is 304 g/mol. The Morgan fingerprint density at radius 3 is 2.67 bits per heavy atom. The van der Waals surface area contributed by atoms with Crippen LogP contribution in [-0.4, -0.2) is 11.2 Å². The van der Waals surface area contributed by atoms with Crippen LogP contribution in [0.5, 0.6) is 0 Å². The van der Waals surface area contributed by atoms with Crippen molar-refractivity contribution >= 4 is 40.6 Å². The van der Waals surface area contributed by atoms with Crippen LogP contribution in [-0.2, 0) is 10.5 Å². The molecule has 0 aromatic heterocycles. The standard InChI is InChI=1S/C16H17ClN2OS/c1-11(21-10-12-5-3-2-4-6-12)16(20)19-15-8-7-13(18)9-14(15)17/h2-9,11H,10,18H2,1H3,(H,19,20). The van der Waals surface area contributed by atoms with E-state index < -0.39 is 0 Å². The van der Waals surface area contributed by atoms with Gasteiger partial charge in [-0.15, -0.1) is 11.8 Å². The van der Waals surface area contributed by atoms with Gasteiger partial charge >= 0.3 is 0 Å². The molecule has 110 valence electrons. The number of carbonyl (C=O) groups excluding carboxylic acids is 1. The van der Waals surface area contributed by atoms with Gasteiger partial charge < -0.3 is 11.1 Å². The first-order valence-electron chi connectivity index (χ1n) is 6.57. The SMILES string of the molecule is CC(SCc1ccccc1)C(=O)Nc1ccc(N)cc1Cl. The Bertz CT molecular complexity index is 619. The lowest BCUT2D eigenvalue weighted by atomic mass is 10.2. The molecule has 5 heteroatoms. The molecule has 0 bridgehead atoms. The van der Waals surface area contributed by atoms with Crippen LogP contribution in [0.1, 0.15) is 12.5 Å². The second-order valence-electron chi connectivity index (χ2n) is 4.67. The first-order valence-corrected chi connectivity index (χ1v) is 8.00. The highest BCUT2D eigenvalue weighted by Gasteiger charge is 2.14. The zero-order chi connectivity index (χ0) is 15.2. The topological polar surface area (TPSA) is 55.1 Å². The Hall–Kier alpha value is -1.65. The predicted octanol–water partition coefficient (Wildman–Crippen LogP) is 4.18. The summed E-state index contributed by atoms with van der Waals surface area (Å²) in [6, 6.07) is 15.1. The molecule has 0 saturated heterocycles. The summed E-state index contributed by atoms with van der Waals surface area (Å²) in [4.78, 5) is 12.1. The van der Waals surface area contributed by atoms with Crippen molar-refractivity contribution in [3.63, 3.8) is 0 Å². The molecule has 2 rings (SSSR count). The van der Waals surface area contributed by atoms with Crippen LogP contribution in [0.15, 0.2) is 48.5 Å². The number of hydrogen-bond donors (Lipinski definition) is 2. The van der Waals surface area contributed by atoms with E-state index in [1.165, 1.54) is 5.56 Å². The van der Waals surface area contributed by atoms with Gasteiger partial charge in [0.2, 0.25) is 5.91 Å². The molecule has 1 amide bonds. The number of hydrogen-bond acceptors (Lipinski definition) is 3. The Kier molecular flexibility index (Phi) is 5.53. The highest BCUT2D eigenvalue weighted by atomic mass is 35.5. The molecule has 0 aliphatic heterocycles. The number of nitrogen functional groups attached to an aromatic ring is 1. The highest BCUT2D eigenvalue weighted by Crippen LogP contribution is 2.25. The smallest absolute Gasteiger partial charge is 0.237 e. The van der Waals surface area contributed by atoms with Gasteiger partial charge in [-0.2, -0.15) is 0 Å². The maximum atomic E-state index is 12.1. The second-order valence-corrected chi connectivity index (χ2v) is 6.40. The van der Waals surface area contributed by atoms with Gasteiger partial charge in [0.05, 0.1) is 16.0 Å². The van der Waals surface area contributed by atoms with Gasteiger partial charge in [-0.3, -0.25) is 4.79 Å². The molecule has 2 aromatic carbocycles. The second kappa shape index (κ2) is 7.38. The van der Waals surface area contributed by atoms with Crippen molar-refractivity contribution in [2.24, 2.45) is 0 Å². The maximum absolute atomic E-state index is 12.1. The first-order chi connectivity index (χ1) is 10.1. The van der Waals surface area contributed by atoms with Crippen molar-refractivity contribution in [3.05, 3.63) is 59.1 Å². The molecule has 3 N–H and O–H groups in total. The van der Waals surface area contributed by atoms with Crippen LogP contribution in [0.4, 0.5) is 11.4 Å². The lowest BCUT2D eigenvalue weighted by molar-refractivity contribution is -0.115. The van der Waals surface area contributed by atoms with E-state index in [-0.39, 0.29) is 11.2 Å². The van der Waals surface area contributed by atoms with Crippen LogP contribution in [0.2, 0.25) is 5.02 Å². The van der Waals surface area contributed by atoms with E-state index in [9.17, 15) is 4.79 Å². The van der Waals surface area contributed by atoms with Gasteiger partial charge in [0.25, 0.3) is 0 Å². The number of amides is 1. The Morgan fingerprint density at radius 1 is 1.29 bits per heavy atom. The summed E-state index contributed by atoms with van der Waals surface area (Å²) in [5.41, 5.74) is 7.99. The van der Waals surface area contributed by atoms with Crippen LogP contribution in [0.25, 0.3) is 0 Å². The number of thioether (sulfide) groups is 1. The molecule has 21 heavy (non-hydrogen) atoms. The van der Waals surface area contributed by atoms with Gasteiger partial charge in [-0.05, 0) is 30.7 Å². The van der Waals surface area contributed by atoms with Crippen molar-refractivity contribution < 1.29 is 4.79 Å². The third-order valence-electron chi connectivity index (χ3n) is 2.96. The Balaban J connectivity index is 1.90. The molecule has 0 radical (unpaired) electrons. The summed E-state index contributed by atoms with van der Waals surface area (Å²) in [5, 5.41) is 3.11. The van der Waals surface area contributed by atoms with E-state index in [1.54, 1.807) is 30.0 Å². The normalized spacial score (nSPS) is 11.9. The third-order valence-corrected chi connectivity index (χ3v) is 4.49. The van der Waals surface area contributed by atoms with E-state index in [4.69, 9.17) is 17.3 Å². The summed E-state index contributed by atoms with van der Waals surface area (Å²) in [7, 11) is 0. The van der Waals surface area contributed by atoms with Crippen LogP contribution in [0, 0.1) is 0 Å². The molecule has 0 spiro atoms. The van der Waals surface area contributed by atoms with Crippen molar-refractivity contribution in [2.75, 3.05) is 11.1 Å². The van der Waals surface area contributed by atoms with Crippen molar-refractivity contribution in [1.29, 1.82) is 0 Å². The van der Waals surface area contributed by atoms with E-state index in [1.807, 2.05) is 25.1 Å². The number of nitrogens with two attached hydrogens (primary N) is 1. The fraction of sp³-hybridized carbons (Fsp3) is 0.188. The quantitative estimate of drug-likeness (QED) is 0.812. The predicted molar refractivity (Wildman–Crippen MR) is 91.7 cm³/mol. The van der Waals surface area contributed by atoms with E-state index in [0.29, 0.717) is 16.4 Å². The molecular formula is C16H17ClN2OS. The summed E-state index contributed by atoms with van der Waals surface area (Å²) < 4.78 is 0. The molecule has 0 fully saturated rings. The molecule has 0 heterocycles. The maximum Gasteiger partial charge on any atom is 0.237 e. The number of benzene rings is 2. The lowest BCUT2D eigenvalue weighted by Crippen LogP contribution is -2.22. The molecule has 0 aliphatic rings. The minimum absolute atomic E-state index is 0.0670. The Labute approximate surface area is 133 Å². The average molecular weight is 321 g/mol. The molecule has 2 aromatic rings. The first kappa shape index (κ1) is 15.7. The molecule has 1 atom stereocenters.